The van der Waals surface area contributed by atoms with Crippen molar-refractivity contribution < 1.29 is 18.8 Å². The van der Waals surface area contributed by atoms with Crippen molar-refractivity contribution in [1.82, 2.24) is 15.4 Å². The van der Waals surface area contributed by atoms with Crippen molar-refractivity contribution in [3.8, 4) is 5.75 Å². The van der Waals surface area contributed by atoms with Crippen molar-refractivity contribution in [2.24, 2.45) is 5.92 Å². The zero-order valence-electron chi connectivity index (χ0n) is 16.0. The van der Waals surface area contributed by atoms with Gasteiger partial charge in [-0.2, -0.15) is 0 Å². The molecule has 1 aromatic carbocycles. The van der Waals surface area contributed by atoms with Gasteiger partial charge in [-0.3, -0.25) is 9.59 Å². The Bertz CT molecular complexity index is 851. The quantitative estimate of drug-likeness (QED) is 0.829. The van der Waals surface area contributed by atoms with Gasteiger partial charge in [0.25, 0.3) is 5.91 Å². The van der Waals surface area contributed by atoms with Crippen LogP contribution in [0.4, 0.5) is 0 Å². The number of benzene rings is 1. The number of likely N-dealkylation sites (tertiary alicyclic amines) is 1. The lowest BCUT2D eigenvalue weighted by molar-refractivity contribution is -0.134. The average Bonchev–Trinajstić information content (AvgIpc) is 3.48. The summed E-state index contributed by atoms with van der Waals surface area (Å²) in [7, 11) is 0. The Balaban J connectivity index is 1.28. The summed E-state index contributed by atoms with van der Waals surface area (Å²) in [6, 6.07) is 8.97. The average molecular weight is 383 g/mol. The van der Waals surface area contributed by atoms with Crippen LogP contribution < -0.4 is 10.1 Å². The first-order valence-corrected chi connectivity index (χ1v) is 9.84. The third kappa shape index (κ3) is 4.52. The van der Waals surface area contributed by atoms with Gasteiger partial charge in [0.2, 0.25) is 5.91 Å². The van der Waals surface area contributed by atoms with Gasteiger partial charge in [0.05, 0.1) is 12.2 Å². The van der Waals surface area contributed by atoms with E-state index < -0.39 is 0 Å². The molecule has 7 nitrogen and oxygen atoms in total. The molecule has 1 aliphatic carbocycles. The van der Waals surface area contributed by atoms with Crippen LogP contribution in [-0.4, -0.2) is 41.1 Å². The second kappa shape index (κ2) is 8.04. The zero-order valence-corrected chi connectivity index (χ0v) is 16.0. The van der Waals surface area contributed by atoms with Crippen molar-refractivity contribution in [2.75, 3.05) is 13.1 Å². The van der Waals surface area contributed by atoms with Crippen LogP contribution in [0, 0.1) is 12.8 Å². The zero-order chi connectivity index (χ0) is 19.5. The first-order chi connectivity index (χ1) is 13.6. The molecule has 1 aromatic heterocycles. The maximum absolute atomic E-state index is 12.4. The Kier molecular flexibility index (Phi) is 5.32. The molecule has 2 amide bonds. The summed E-state index contributed by atoms with van der Waals surface area (Å²) in [6.07, 6.45) is 3.79. The van der Waals surface area contributed by atoms with Gasteiger partial charge in [-0.15, -0.1) is 0 Å². The summed E-state index contributed by atoms with van der Waals surface area (Å²) < 4.78 is 11.2. The van der Waals surface area contributed by atoms with E-state index in [1.54, 1.807) is 18.2 Å². The normalized spacial score (nSPS) is 17.4. The Morgan fingerprint density at radius 1 is 1.21 bits per heavy atom. The highest BCUT2D eigenvalue weighted by molar-refractivity contribution is 5.94. The van der Waals surface area contributed by atoms with Crippen molar-refractivity contribution in [2.45, 2.75) is 45.3 Å². The predicted octanol–water partition coefficient (Wildman–Crippen LogP) is 2.69. The van der Waals surface area contributed by atoms with Crippen molar-refractivity contribution in [3.05, 3.63) is 47.3 Å². The number of ether oxygens (including phenoxy) is 1. The standard InChI is InChI=1S/C21H25N3O4/c1-14-11-19(28-23-14)13-22-20(25)16-3-2-4-18(12-16)27-17-7-9-24(10-8-17)21(26)15-5-6-15/h2-4,11-12,15,17H,5-10,13H2,1H3,(H,22,25). The Labute approximate surface area is 164 Å². The highest BCUT2D eigenvalue weighted by Crippen LogP contribution is 2.32. The second-order valence-electron chi connectivity index (χ2n) is 7.56. The van der Waals surface area contributed by atoms with Crippen molar-refractivity contribution >= 4 is 11.8 Å². The maximum atomic E-state index is 12.4. The van der Waals surface area contributed by atoms with Gasteiger partial charge in [0.1, 0.15) is 11.9 Å². The van der Waals surface area contributed by atoms with E-state index >= 15 is 0 Å². The fraction of sp³-hybridized carbons (Fsp3) is 0.476. The van der Waals surface area contributed by atoms with E-state index in [0.29, 0.717) is 23.0 Å². The minimum atomic E-state index is -0.190. The molecular formula is C21H25N3O4. The lowest BCUT2D eigenvalue weighted by Gasteiger charge is -2.32. The Morgan fingerprint density at radius 2 is 2.00 bits per heavy atom. The van der Waals surface area contributed by atoms with Gasteiger partial charge >= 0.3 is 0 Å². The molecule has 2 aromatic rings. The minimum absolute atomic E-state index is 0.0683. The number of amides is 2. The molecule has 1 saturated heterocycles. The number of carbonyl (C=O) groups is 2. The summed E-state index contributed by atoms with van der Waals surface area (Å²) in [6.45, 7) is 3.62. The van der Waals surface area contributed by atoms with E-state index in [4.69, 9.17) is 9.26 Å². The van der Waals surface area contributed by atoms with Gasteiger partial charge < -0.3 is 19.5 Å². The van der Waals surface area contributed by atoms with Crippen LogP contribution in [0.3, 0.4) is 0 Å². The molecule has 7 heteroatoms. The fourth-order valence-corrected chi connectivity index (χ4v) is 3.45. The summed E-state index contributed by atoms with van der Waals surface area (Å²) in [5.41, 5.74) is 1.32. The molecule has 0 atom stereocenters. The highest BCUT2D eigenvalue weighted by Gasteiger charge is 2.35. The van der Waals surface area contributed by atoms with Crippen LogP contribution in [0.2, 0.25) is 0 Å². The van der Waals surface area contributed by atoms with Crippen LogP contribution in [0.5, 0.6) is 5.75 Å². The Morgan fingerprint density at radius 3 is 2.68 bits per heavy atom. The van der Waals surface area contributed by atoms with E-state index in [2.05, 4.69) is 10.5 Å². The van der Waals surface area contributed by atoms with E-state index in [9.17, 15) is 9.59 Å². The predicted molar refractivity (Wildman–Crippen MR) is 102 cm³/mol. The van der Waals surface area contributed by atoms with Crippen molar-refractivity contribution in [3.63, 3.8) is 0 Å². The van der Waals surface area contributed by atoms with Gasteiger partial charge in [-0.25, -0.2) is 0 Å². The number of rotatable bonds is 6. The van der Waals surface area contributed by atoms with Gasteiger partial charge in [-0.1, -0.05) is 11.2 Å². The van der Waals surface area contributed by atoms with Crippen LogP contribution in [0.1, 0.15) is 47.5 Å². The van der Waals surface area contributed by atoms with E-state index in [1.165, 1.54) is 0 Å². The summed E-state index contributed by atoms with van der Waals surface area (Å²) in [5, 5.41) is 6.63. The molecule has 1 aliphatic heterocycles. The molecule has 0 spiro atoms. The molecular weight excluding hydrogens is 358 g/mol. The second-order valence-corrected chi connectivity index (χ2v) is 7.56. The number of hydrogen-bond donors (Lipinski definition) is 1. The Hall–Kier alpha value is -2.83. The van der Waals surface area contributed by atoms with Crippen LogP contribution in [0.15, 0.2) is 34.9 Å². The largest absolute Gasteiger partial charge is 0.490 e. The summed E-state index contributed by atoms with van der Waals surface area (Å²) in [5.74, 6) is 1.68. The van der Waals surface area contributed by atoms with Gasteiger partial charge in [0, 0.05) is 43.5 Å². The van der Waals surface area contributed by atoms with Crippen LogP contribution in [0.25, 0.3) is 0 Å². The number of carbonyl (C=O) groups excluding carboxylic acids is 2. The molecule has 148 valence electrons. The van der Waals surface area contributed by atoms with E-state index in [-0.39, 0.29) is 24.5 Å². The first kappa shape index (κ1) is 18.5. The molecule has 0 radical (unpaired) electrons. The summed E-state index contributed by atoms with van der Waals surface area (Å²) >= 11 is 0. The van der Waals surface area contributed by atoms with Crippen molar-refractivity contribution in [1.29, 1.82) is 0 Å². The molecule has 2 aliphatic rings. The number of nitrogens with zero attached hydrogens (tertiary/aromatic N) is 2. The lowest BCUT2D eigenvalue weighted by atomic mass is 10.1. The minimum Gasteiger partial charge on any atom is -0.490 e. The fourth-order valence-electron chi connectivity index (χ4n) is 3.45. The van der Waals surface area contributed by atoms with Gasteiger partial charge in [0.15, 0.2) is 5.76 Å². The summed E-state index contributed by atoms with van der Waals surface area (Å²) in [4.78, 5) is 26.5. The molecule has 2 heterocycles. The lowest BCUT2D eigenvalue weighted by Crippen LogP contribution is -2.42. The topological polar surface area (TPSA) is 84.7 Å². The number of aryl methyl sites for hydroxylation is 1. The van der Waals surface area contributed by atoms with Crippen LogP contribution >= 0.6 is 0 Å². The number of piperidine rings is 1. The monoisotopic (exact) mass is 383 g/mol. The van der Waals surface area contributed by atoms with E-state index in [1.807, 2.05) is 24.0 Å². The number of aromatic nitrogens is 1. The third-order valence-electron chi connectivity index (χ3n) is 5.18. The molecule has 0 unspecified atom stereocenters. The first-order valence-electron chi connectivity index (χ1n) is 9.84. The number of hydrogen-bond acceptors (Lipinski definition) is 5. The molecule has 4 rings (SSSR count). The highest BCUT2D eigenvalue weighted by atomic mass is 16.5. The molecule has 28 heavy (non-hydrogen) atoms. The van der Waals surface area contributed by atoms with Gasteiger partial charge in [-0.05, 0) is 38.0 Å². The molecule has 1 N–H and O–H groups in total. The molecule has 0 bridgehead atoms. The SMILES string of the molecule is Cc1cc(CNC(=O)c2cccc(OC3CCN(C(=O)C4CC4)CC3)c2)on1. The molecule has 1 saturated carbocycles. The number of nitrogens with one attached hydrogen (secondary N) is 1. The van der Waals surface area contributed by atoms with E-state index in [0.717, 1.165) is 44.5 Å². The maximum Gasteiger partial charge on any atom is 0.251 e. The third-order valence-corrected chi connectivity index (χ3v) is 5.18. The molecule has 2 fully saturated rings. The smallest absolute Gasteiger partial charge is 0.251 e. The van der Waals surface area contributed by atoms with Crippen LogP contribution in [-0.2, 0) is 11.3 Å².